The number of nitrogens with one attached hydrogen (secondary N) is 2. The van der Waals surface area contributed by atoms with Crippen LogP contribution in [0.3, 0.4) is 0 Å². The summed E-state index contributed by atoms with van der Waals surface area (Å²) in [5.41, 5.74) is 6.29. The molecule has 0 aliphatic carbocycles. The first-order chi connectivity index (χ1) is 13.0. The molecule has 2 aromatic carbocycles. The first-order valence-electron chi connectivity index (χ1n) is 7.75. The van der Waals surface area contributed by atoms with E-state index in [1.807, 2.05) is 48.5 Å². The molecule has 0 saturated heterocycles. The summed E-state index contributed by atoms with van der Waals surface area (Å²) in [6, 6.07) is 14.9. The number of hydrogen-bond donors (Lipinski definition) is 2. The van der Waals surface area contributed by atoms with Gasteiger partial charge >= 0.3 is 0 Å². The van der Waals surface area contributed by atoms with Crippen LogP contribution < -0.4 is 10.9 Å². The molecule has 0 unspecified atom stereocenters. The molecule has 27 heavy (non-hydrogen) atoms. The maximum atomic E-state index is 11.6. The van der Waals surface area contributed by atoms with Gasteiger partial charge in [0.05, 0.1) is 12.4 Å². The second-order valence-electron chi connectivity index (χ2n) is 5.19. The number of nitrogens with zero attached hydrogens (tertiary/aromatic N) is 2. The summed E-state index contributed by atoms with van der Waals surface area (Å²) in [6.45, 7) is -0.586. The van der Waals surface area contributed by atoms with Crippen LogP contribution in [0.4, 0.5) is 0 Å². The van der Waals surface area contributed by atoms with Crippen molar-refractivity contribution < 1.29 is 14.3 Å². The van der Waals surface area contributed by atoms with E-state index in [0.29, 0.717) is 0 Å². The Labute approximate surface area is 173 Å². The summed E-state index contributed by atoms with van der Waals surface area (Å²) in [5.74, 6) is -0.932. The summed E-state index contributed by atoms with van der Waals surface area (Å²) in [6.07, 6.45) is 3.01. The van der Waals surface area contributed by atoms with Gasteiger partial charge in [-0.15, -0.1) is 0 Å². The Morgan fingerprint density at radius 1 is 0.852 bits per heavy atom. The molecule has 0 atom stereocenters. The van der Waals surface area contributed by atoms with Crippen LogP contribution in [0.2, 0.25) is 0 Å². The van der Waals surface area contributed by atoms with E-state index >= 15 is 0 Å². The molecule has 0 radical (unpaired) electrons. The van der Waals surface area contributed by atoms with Crippen LogP contribution in [0.5, 0.6) is 0 Å². The average molecular weight is 496 g/mol. The fraction of sp³-hybridized carbons (Fsp3) is 0.111. The van der Waals surface area contributed by atoms with Crippen LogP contribution in [0, 0.1) is 0 Å². The predicted molar refractivity (Wildman–Crippen MR) is 111 cm³/mol. The number of amides is 2. The van der Waals surface area contributed by atoms with Crippen LogP contribution in [-0.2, 0) is 14.3 Å². The van der Waals surface area contributed by atoms with Gasteiger partial charge in [0.2, 0.25) is 0 Å². The minimum absolute atomic E-state index is 0.293. The minimum Gasteiger partial charge on any atom is -0.362 e. The Balaban J connectivity index is 1.63. The van der Waals surface area contributed by atoms with Crippen molar-refractivity contribution in [1.29, 1.82) is 0 Å². The van der Waals surface area contributed by atoms with E-state index in [0.717, 1.165) is 20.1 Å². The van der Waals surface area contributed by atoms with Gasteiger partial charge in [-0.2, -0.15) is 10.2 Å². The Bertz CT molecular complexity index is 787. The molecule has 2 amide bonds. The van der Waals surface area contributed by atoms with Crippen molar-refractivity contribution in [2.24, 2.45) is 10.2 Å². The summed E-state index contributed by atoms with van der Waals surface area (Å²) >= 11 is 6.69. The number of benzene rings is 2. The van der Waals surface area contributed by atoms with Crippen LogP contribution in [0.25, 0.3) is 0 Å². The molecule has 2 rings (SSSR count). The molecule has 2 N–H and O–H groups in total. The molecule has 0 aliphatic heterocycles. The number of ether oxygens (including phenoxy) is 1. The predicted octanol–water partition coefficient (Wildman–Crippen LogP) is 2.83. The van der Waals surface area contributed by atoms with Gasteiger partial charge in [0.25, 0.3) is 11.8 Å². The highest BCUT2D eigenvalue weighted by molar-refractivity contribution is 9.10. The third-order valence-electron chi connectivity index (χ3n) is 2.97. The standard InChI is InChI=1S/C18H16Br2N4O3/c19-15-5-1-3-13(7-15)9-21-23-17(25)11-27-12-18(26)24-22-10-14-4-2-6-16(20)8-14/h1-10H,11-12H2,(H,23,25)(H,24,26)/b21-9+,22-10+. The Morgan fingerprint density at radius 2 is 1.30 bits per heavy atom. The zero-order valence-electron chi connectivity index (χ0n) is 14.1. The fourth-order valence-electron chi connectivity index (χ4n) is 1.83. The Kier molecular flexibility index (Phi) is 8.82. The van der Waals surface area contributed by atoms with Gasteiger partial charge in [-0.05, 0) is 35.4 Å². The highest BCUT2D eigenvalue weighted by Gasteiger charge is 2.03. The quantitative estimate of drug-likeness (QED) is 0.435. The number of carbonyl (C=O) groups is 2. The number of hydrogen-bond acceptors (Lipinski definition) is 5. The lowest BCUT2D eigenvalue weighted by Crippen LogP contribution is -2.28. The van der Waals surface area contributed by atoms with Gasteiger partial charge in [0, 0.05) is 8.95 Å². The molecule has 2 aromatic rings. The van der Waals surface area contributed by atoms with Crippen molar-refractivity contribution in [1.82, 2.24) is 10.9 Å². The van der Waals surface area contributed by atoms with Gasteiger partial charge in [0.1, 0.15) is 13.2 Å². The van der Waals surface area contributed by atoms with E-state index in [4.69, 9.17) is 4.74 Å². The van der Waals surface area contributed by atoms with E-state index in [1.54, 1.807) is 0 Å². The lowest BCUT2D eigenvalue weighted by molar-refractivity contribution is -0.130. The van der Waals surface area contributed by atoms with Crippen molar-refractivity contribution >= 4 is 56.1 Å². The van der Waals surface area contributed by atoms with E-state index in [-0.39, 0.29) is 13.2 Å². The van der Waals surface area contributed by atoms with Gasteiger partial charge < -0.3 is 4.74 Å². The van der Waals surface area contributed by atoms with Gasteiger partial charge in [-0.1, -0.05) is 56.1 Å². The molecule has 0 fully saturated rings. The second-order valence-corrected chi connectivity index (χ2v) is 7.02. The van der Waals surface area contributed by atoms with Crippen molar-refractivity contribution in [3.8, 4) is 0 Å². The number of carbonyl (C=O) groups excluding carboxylic acids is 2. The van der Waals surface area contributed by atoms with Crippen LogP contribution in [-0.4, -0.2) is 37.5 Å². The highest BCUT2D eigenvalue weighted by atomic mass is 79.9. The normalized spacial score (nSPS) is 11.0. The van der Waals surface area contributed by atoms with Crippen molar-refractivity contribution in [3.05, 3.63) is 68.6 Å². The molecule has 0 spiro atoms. The van der Waals surface area contributed by atoms with E-state index in [1.165, 1.54) is 12.4 Å². The molecular weight excluding hydrogens is 480 g/mol. The molecule has 140 valence electrons. The topological polar surface area (TPSA) is 92.2 Å². The summed E-state index contributed by atoms with van der Waals surface area (Å²) < 4.78 is 6.84. The largest absolute Gasteiger partial charge is 0.362 e. The van der Waals surface area contributed by atoms with E-state index in [9.17, 15) is 9.59 Å². The molecule has 0 saturated carbocycles. The zero-order chi connectivity index (χ0) is 19.5. The lowest BCUT2D eigenvalue weighted by Gasteiger charge is -2.02. The number of hydrazone groups is 2. The van der Waals surface area contributed by atoms with Gasteiger partial charge in [-0.3, -0.25) is 9.59 Å². The first-order valence-corrected chi connectivity index (χ1v) is 9.34. The van der Waals surface area contributed by atoms with Crippen molar-refractivity contribution in [3.63, 3.8) is 0 Å². The monoisotopic (exact) mass is 494 g/mol. The molecular formula is C18H16Br2N4O3. The van der Waals surface area contributed by atoms with Gasteiger partial charge in [-0.25, -0.2) is 10.9 Å². The summed E-state index contributed by atoms with van der Waals surface area (Å²) in [7, 11) is 0. The first kappa shape index (κ1) is 20.9. The molecule has 7 nitrogen and oxygen atoms in total. The smallest absolute Gasteiger partial charge is 0.266 e. The van der Waals surface area contributed by atoms with E-state index in [2.05, 4.69) is 52.9 Å². The highest BCUT2D eigenvalue weighted by Crippen LogP contribution is 2.10. The molecule has 0 aromatic heterocycles. The second kappa shape index (κ2) is 11.4. The maximum absolute atomic E-state index is 11.6. The minimum atomic E-state index is -0.466. The summed E-state index contributed by atoms with van der Waals surface area (Å²) in [5, 5.41) is 7.63. The third kappa shape index (κ3) is 8.72. The number of halogens is 2. The Morgan fingerprint density at radius 3 is 1.70 bits per heavy atom. The number of rotatable bonds is 8. The lowest BCUT2D eigenvalue weighted by atomic mass is 10.2. The van der Waals surface area contributed by atoms with Crippen molar-refractivity contribution in [2.75, 3.05) is 13.2 Å². The zero-order valence-corrected chi connectivity index (χ0v) is 17.2. The molecule has 0 bridgehead atoms. The Hall–Kier alpha value is -2.36. The maximum Gasteiger partial charge on any atom is 0.266 e. The van der Waals surface area contributed by atoms with Crippen LogP contribution in [0.15, 0.2) is 67.7 Å². The SMILES string of the molecule is O=C(COCC(=O)N/N=C/c1cccc(Br)c1)N/N=C/c1cccc(Br)c1. The van der Waals surface area contributed by atoms with Gasteiger partial charge in [0.15, 0.2) is 0 Å². The third-order valence-corrected chi connectivity index (χ3v) is 3.96. The van der Waals surface area contributed by atoms with Crippen LogP contribution >= 0.6 is 31.9 Å². The van der Waals surface area contributed by atoms with E-state index < -0.39 is 11.8 Å². The molecule has 9 heteroatoms. The fourth-order valence-corrected chi connectivity index (χ4v) is 2.67. The molecule has 0 aliphatic rings. The summed E-state index contributed by atoms with van der Waals surface area (Å²) in [4.78, 5) is 23.2. The molecule has 0 heterocycles. The van der Waals surface area contributed by atoms with Crippen molar-refractivity contribution in [2.45, 2.75) is 0 Å². The average Bonchev–Trinajstić information content (AvgIpc) is 2.62. The van der Waals surface area contributed by atoms with Crippen LogP contribution in [0.1, 0.15) is 11.1 Å².